The highest BCUT2D eigenvalue weighted by Gasteiger charge is 2.32. The maximum Gasteiger partial charge on any atom is 0.387 e. The minimum absolute atomic E-state index is 0.0307. The summed E-state index contributed by atoms with van der Waals surface area (Å²) < 4.78 is 65.1. The van der Waals surface area contributed by atoms with Gasteiger partial charge in [-0.15, -0.1) is 11.3 Å². The summed E-state index contributed by atoms with van der Waals surface area (Å²) in [6, 6.07) is 4.69. The Hall–Kier alpha value is -2.73. The zero-order valence-corrected chi connectivity index (χ0v) is 16.4. The second-order valence-electron chi connectivity index (χ2n) is 5.21. The van der Waals surface area contributed by atoms with Gasteiger partial charge >= 0.3 is 18.6 Å². The predicted octanol–water partition coefficient (Wildman–Crippen LogP) is 3.03. The molecule has 0 aliphatic carbocycles. The predicted molar refractivity (Wildman–Crippen MR) is 95.6 cm³/mol. The number of benzene rings is 1. The number of hydrogen-bond acceptors (Lipinski definition) is 8. The molecule has 0 spiro atoms. The highest BCUT2D eigenvalue weighted by molar-refractivity contribution is 7.94. The van der Waals surface area contributed by atoms with Gasteiger partial charge in [-0.05, 0) is 36.8 Å². The Morgan fingerprint density at radius 2 is 1.64 bits per heavy atom. The first-order chi connectivity index (χ1) is 13.1. The standard InChI is InChI=1S/C16H15F2NO7S2/c1-8-11(13(20)24-2)15(27-12(8)14(21)25-3)28(22,23)19-9-4-6-10(7-5-9)26-16(17)18/h4-7,16,19H,1-3H3. The van der Waals surface area contributed by atoms with Crippen LogP contribution < -0.4 is 9.46 Å². The van der Waals surface area contributed by atoms with Gasteiger partial charge in [0.1, 0.15) is 10.6 Å². The number of anilines is 1. The molecular formula is C16H15F2NO7S2. The zero-order valence-electron chi connectivity index (χ0n) is 14.8. The second kappa shape index (κ2) is 8.52. The molecule has 0 saturated heterocycles. The zero-order chi connectivity index (χ0) is 21.1. The van der Waals surface area contributed by atoms with Gasteiger partial charge < -0.3 is 14.2 Å². The fourth-order valence-corrected chi connectivity index (χ4v) is 5.01. The number of thiophene rings is 1. The molecule has 0 unspecified atom stereocenters. The Morgan fingerprint density at radius 1 is 1.07 bits per heavy atom. The van der Waals surface area contributed by atoms with Crippen molar-refractivity contribution >= 4 is 39.0 Å². The largest absolute Gasteiger partial charge is 0.465 e. The first-order valence-corrected chi connectivity index (χ1v) is 9.78. The first-order valence-electron chi connectivity index (χ1n) is 7.48. The van der Waals surface area contributed by atoms with E-state index in [0.29, 0.717) is 11.3 Å². The number of carbonyl (C=O) groups excluding carboxylic acids is 2. The van der Waals surface area contributed by atoms with E-state index in [0.717, 1.165) is 26.4 Å². The number of alkyl halides is 2. The monoisotopic (exact) mass is 435 g/mol. The number of sulfonamides is 1. The minimum atomic E-state index is -4.31. The van der Waals surface area contributed by atoms with Crippen LogP contribution >= 0.6 is 11.3 Å². The SMILES string of the molecule is COC(=O)c1sc(S(=O)(=O)Nc2ccc(OC(F)F)cc2)c(C(=O)OC)c1C. The number of methoxy groups -OCH3 is 2. The number of carbonyl (C=O) groups is 2. The Labute approximate surface area is 163 Å². The minimum Gasteiger partial charge on any atom is -0.465 e. The molecule has 0 radical (unpaired) electrons. The number of esters is 2. The Bertz CT molecular complexity index is 985. The highest BCUT2D eigenvalue weighted by Crippen LogP contribution is 2.34. The van der Waals surface area contributed by atoms with E-state index in [4.69, 9.17) is 0 Å². The third kappa shape index (κ3) is 4.57. The molecule has 0 aliphatic heterocycles. The van der Waals surface area contributed by atoms with E-state index in [1.807, 2.05) is 0 Å². The van der Waals surface area contributed by atoms with Crippen molar-refractivity contribution in [2.24, 2.45) is 0 Å². The maximum absolute atomic E-state index is 12.8. The van der Waals surface area contributed by atoms with E-state index in [-0.39, 0.29) is 27.4 Å². The van der Waals surface area contributed by atoms with E-state index in [2.05, 4.69) is 18.9 Å². The average Bonchev–Trinajstić information content (AvgIpc) is 2.99. The van der Waals surface area contributed by atoms with Crippen molar-refractivity contribution in [2.45, 2.75) is 17.7 Å². The molecule has 1 heterocycles. The summed E-state index contributed by atoms with van der Waals surface area (Å²) in [6.07, 6.45) is 0. The van der Waals surface area contributed by atoms with Crippen LogP contribution in [0.3, 0.4) is 0 Å². The fourth-order valence-electron chi connectivity index (χ4n) is 2.21. The first kappa shape index (κ1) is 21.6. The van der Waals surface area contributed by atoms with Gasteiger partial charge in [-0.2, -0.15) is 8.78 Å². The highest BCUT2D eigenvalue weighted by atomic mass is 32.2. The molecule has 28 heavy (non-hydrogen) atoms. The van der Waals surface area contributed by atoms with Crippen molar-refractivity contribution in [1.29, 1.82) is 0 Å². The number of ether oxygens (including phenoxy) is 3. The van der Waals surface area contributed by atoms with E-state index in [9.17, 15) is 26.8 Å². The van der Waals surface area contributed by atoms with Crippen LogP contribution in [0.1, 0.15) is 25.6 Å². The van der Waals surface area contributed by atoms with Gasteiger partial charge in [0.25, 0.3) is 10.0 Å². The van der Waals surface area contributed by atoms with Crippen LogP contribution in [0.25, 0.3) is 0 Å². The van der Waals surface area contributed by atoms with Crippen molar-refractivity contribution in [3.05, 3.63) is 40.3 Å². The van der Waals surface area contributed by atoms with Crippen LogP contribution in [0.4, 0.5) is 14.5 Å². The molecule has 1 aromatic carbocycles. The Balaban J connectivity index is 2.44. The van der Waals surface area contributed by atoms with Crippen LogP contribution in [0.5, 0.6) is 5.75 Å². The Morgan fingerprint density at radius 3 is 2.14 bits per heavy atom. The van der Waals surface area contributed by atoms with Crippen molar-refractivity contribution < 1.29 is 41.0 Å². The number of hydrogen-bond donors (Lipinski definition) is 1. The molecule has 8 nitrogen and oxygen atoms in total. The molecule has 2 rings (SSSR count). The van der Waals surface area contributed by atoms with Crippen LogP contribution in [-0.2, 0) is 19.5 Å². The summed E-state index contributed by atoms with van der Waals surface area (Å²) in [5, 5.41) is 0. The molecule has 0 bridgehead atoms. The van der Waals surface area contributed by atoms with E-state index < -0.39 is 32.8 Å². The van der Waals surface area contributed by atoms with Gasteiger partial charge in [-0.1, -0.05) is 0 Å². The average molecular weight is 435 g/mol. The van der Waals surface area contributed by atoms with E-state index >= 15 is 0 Å². The molecule has 0 fully saturated rings. The van der Waals surface area contributed by atoms with Crippen LogP contribution in [0.15, 0.2) is 28.5 Å². The molecule has 152 valence electrons. The second-order valence-corrected chi connectivity index (χ2v) is 8.11. The van der Waals surface area contributed by atoms with Crippen LogP contribution in [0, 0.1) is 6.92 Å². The lowest BCUT2D eigenvalue weighted by Crippen LogP contribution is -2.16. The van der Waals surface area contributed by atoms with Crippen molar-refractivity contribution in [1.82, 2.24) is 0 Å². The van der Waals surface area contributed by atoms with Crippen LogP contribution in [-0.4, -0.2) is 41.2 Å². The summed E-state index contributed by atoms with van der Waals surface area (Å²) in [5.74, 6) is -1.90. The van der Waals surface area contributed by atoms with Gasteiger partial charge in [0.05, 0.1) is 19.8 Å². The molecule has 2 aromatic rings. The molecule has 1 N–H and O–H groups in total. The normalized spacial score (nSPS) is 11.2. The van der Waals surface area contributed by atoms with Gasteiger partial charge in [0.15, 0.2) is 4.21 Å². The summed E-state index contributed by atoms with van der Waals surface area (Å²) >= 11 is 0.551. The van der Waals surface area contributed by atoms with Crippen LogP contribution in [0.2, 0.25) is 0 Å². The summed E-state index contributed by atoms with van der Waals surface area (Å²) in [5.41, 5.74) is -0.161. The molecule has 0 atom stereocenters. The quantitative estimate of drug-likeness (QED) is 0.666. The topological polar surface area (TPSA) is 108 Å². The number of nitrogens with one attached hydrogen (secondary N) is 1. The molecular weight excluding hydrogens is 420 g/mol. The van der Waals surface area contributed by atoms with Gasteiger partial charge in [0, 0.05) is 5.69 Å². The Kier molecular flexibility index (Phi) is 6.56. The van der Waals surface area contributed by atoms with Gasteiger partial charge in [-0.3, -0.25) is 4.72 Å². The number of halogens is 2. The lowest BCUT2D eigenvalue weighted by molar-refractivity contribution is -0.0498. The molecule has 0 aliphatic rings. The molecule has 0 amide bonds. The van der Waals surface area contributed by atoms with E-state index in [1.54, 1.807) is 0 Å². The summed E-state index contributed by atoms with van der Waals surface area (Å²) in [6.45, 7) is -1.62. The third-order valence-corrected chi connectivity index (χ3v) is 6.62. The van der Waals surface area contributed by atoms with Crippen molar-refractivity contribution in [3.63, 3.8) is 0 Å². The lowest BCUT2D eigenvalue weighted by Gasteiger charge is -2.09. The number of rotatable bonds is 7. The lowest BCUT2D eigenvalue weighted by atomic mass is 10.2. The third-order valence-electron chi connectivity index (χ3n) is 3.45. The van der Waals surface area contributed by atoms with Crippen molar-refractivity contribution in [2.75, 3.05) is 18.9 Å². The van der Waals surface area contributed by atoms with Crippen molar-refractivity contribution in [3.8, 4) is 5.75 Å². The summed E-state index contributed by atoms with van der Waals surface area (Å²) in [4.78, 5) is 23.9. The molecule has 12 heteroatoms. The molecule has 0 saturated carbocycles. The molecule has 1 aromatic heterocycles. The van der Waals surface area contributed by atoms with E-state index in [1.165, 1.54) is 19.1 Å². The fraction of sp³-hybridized carbons (Fsp3) is 0.250. The van der Waals surface area contributed by atoms with Gasteiger partial charge in [-0.25, -0.2) is 18.0 Å². The smallest absolute Gasteiger partial charge is 0.387 e. The maximum atomic E-state index is 12.8. The summed E-state index contributed by atoms with van der Waals surface area (Å²) in [7, 11) is -2.12. The van der Waals surface area contributed by atoms with Gasteiger partial charge in [0.2, 0.25) is 0 Å².